The average molecular weight is 511 g/mol. The largest absolute Gasteiger partial charge is 0.418 e. The van der Waals surface area contributed by atoms with Crippen LogP contribution in [0.15, 0.2) is 72.8 Å². The molecule has 194 valence electrons. The van der Waals surface area contributed by atoms with Crippen LogP contribution in [0, 0.1) is 0 Å². The second-order valence-corrected chi connectivity index (χ2v) is 8.89. The molecular weight excluding hydrogens is 481 g/mol. The molecule has 0 aliphatic carbocycles. The molecule has 37 heavy (non-hydrogen) atoms. The Bertz CT molecular complexity index is 1230. The molecule has 1 fully saturated rings. The Balaban J connectivity index is 1.50. The maximum absolute atomic E-state index is 13.3. The number of amides is 3. The van der Waals surface area contributed by atoms with Crippen molar-refractivity contribution in [2.24, 2.45) is 0 Å². The van der Waals surface area contributed by atoms with Crippen LogP contribution in [0.2, 0.25) is 0 Å². The summed E-state index contributed by atoms with van der Waals surface area (Å²) < 4.78 is 39.8. The summed E-state index contributed by atoms with van der Waals surface area (Å²) in [7, 11) is 0. The molecular formula is C28H29F3N4O2. The Hall–Kier alpha value is -4.01. The number of carbonyl (C=O) groups is 2. The Kier molecular flexibility index (Phi) is 8.32. The van der Waals surface area contributed by atoms with E-state index in [4.69, 9.17) is 0 Å². The third-order valence-corrected chi connectivity index (χ3v) is 6.22. The molecule has 3 N–H and O–H groups in total. The van der Waals surface area contributed by atoms with Gasteiger partial charge in [0, 0.05) is 31.0 Å². The van der Waals surface area contributed by atoms with E-state index in [1.54, 1.807) is 18.2 Å². The van der Waals surface area contributed by atoms with E-state index < -0.39 is 17.8 Å². The number of anilines is 3. The van der Waals surface area contributed by atoms with Gasteiger partial charge in [-0.05, 0) is 61.6 Å². The van der Waals surface area contributed by atoms with Gasteiger partial charge < -0.3 is 20.9 Å². The zero-order valence-electron chi connectivity index (χ0n) is 20.3. The minimum Gasteiger partial charge on any atom is -0.371 e. The quantitative estimate of drug-likeness (QED) is 0.349. The summed E-state index contributed by atoms with van der Waals surface area (Å²) in [5, 5.41) is 7.78. The van der Waals surface area contributed by atoms with Crippen molar-refractivity contribution in [3.63, 3.8) is 0 Å². The minimum atomic E-state index is -4.61. The van der Waals surface area contributed by atoms with Gasteiger partial charge in [0.05, 0.1) is 16.8 Å². The zero-order chi connectivity index (χ0) is 26.3. The highest BCUT2D eigenvalue weighted by Gasteiger charge is 2.33. The zero-order valence-corrected chi connectivity index (χ0v) is 20.3. The Morgan fingerprint density at radius 2 is 1.54 bits per heavy atom. The lowest BCUT2D eigenvalue weighted by molar-refractivity contribution is -0.136. The molecule has 1 heterocycles. The molecule has 0 aromatic heterocycles. The first kappa shape index (κ1) is 26.1. The number of nitrogens with one attached hydrogen (secondary N) is 3. The maximum Gasteiger partial charge on any atom is 0.418 e. The average Bonchev–Trinajstić information content (AvgIpc) is 2.89. The SMILES string of the molecule is O=C(Nc1ccc(N2CCCCC2)c(C(=O)NCCc2ccccc2)c1)Nc1ccccc1C(F)(F)F. The van der Waals surface area contributed by atoms with Gasteiger partial charge in [0.1, 0.15) is 0 Å². The first-order valence-corrected chi connectivity index (χ1v) is 12.3. The van der Waals surface area contributed by atoms with Crippen LogP contribution in [-0.4, -0.2) is 31.6 Å². The fourth-order valence-electron chi connectivity index (χ4n) is 4.39. The van der Waals surface area contributed by atoms with Gasteiger partial charge in [-0.15, -0.1) is 0 Å². The molecule has 3 aromatic carbocycles. The third kappa shape index (κ3) is 7.03. The summed E-state index contributed by atoms with van der Waals surface area (Å²) >= 11 is 0. The van der Waals surface area contributed by atoms with Crippen molar-refractivity contribution in [1.82, 2.24) is 5.32 Å². The molecule has 0 bridgehead atoms. The number of piperidine rings is 1. The van der Waals surface area contributed by atoms with E-state index in [0.29, 0.717) is 24.2 Å². The van der Waals surface area contributed by atoms with Crippen LogP contribution < -0.4 is 20.9 Å². The number of benzene rings is 3. The predicted octanol–water partition coefficient (Wildman–Crippen LogP) is 6.31. The van der Waals surface area contributed by atoms with Gasteiger partial charge in [-0.1, -0.05) is 42.5 Å². The van der Waals surface area contributed by atoms with Crippen molar-refractivity contribution in [2.45, 2.75) is 31.9 Å². The highest BCUT2D eigenvalue weighted by molar-refractivity contribution is 6.04. The van der Waals surface area contributed by atoms with E-state index in [1.807, 2.05) is 30.3 Å². The number of carbonyl (C=O) groups excluding carboxylic acids is 2. The lowest BCUT2D eigenvalue weighted by Crippen LogP contribution is -2.33. The molecule has 1 aliphatic rings. The van der Waals surface area contributed by atoms with Crippen molar-refractivity contribution in [2.75, 3.05) is 35.2 Å². The summed E-state index contributed by atoms with van der Waals surface area (Å²) in [6, 6.07) is 18.7. The lowest BCUT2D eigenvalue weighted by atomic mass is 10.1. The van der Waals surface area contributed by atoms with Crippen molar-refractivity contribution in [3.05, 3.63) is 89.5 Å². The molecule has 1 saturated heterocycles. The van der Waals surface area contributed by atoms with E-state index >= 15 is 0 Å². The van der Waals surface area contributed by atoms with E-state index in [2.05, 4.69) is 20.9 Å². The number of nitrogens with zero attached hydrogens (tertiary/aromatic N) is 1. The second-order valence-electron chi connectivity index (χ2n) is 8.89. The van der Waals surface area contributed by atoms with Gasteiger partial charge in [-0.2, -0.15) is 13.2 Å². The molecule has 9 heteroatoms. The molecule has 4 rings (SSSR count). The molecule has 0 saturated carbocycles. The predicted molar refractivity (Wildman–Crippen MR) is 139 cm³/mol. The van der Waals surface area contributed by atoms with E-state index in [-0.39, 0.29) is 11.6 Å². The van der Waals surface area contributed by atoms with E-state index in [1.165, 1.54) is 18.2 Å². The van der Waals surface area contributed by atoms with Gasteiger partial charge in [0.2, 0.25) is 0 Å². The standard InChI is InChI=1S/C28H29F3N4O2/c29-28(30,31)23-11-5-6-12-24(23)34-27(37)33-21-13-14-25(35-17-7-2-8-18-35)22(19-21)26(36)32-16-15-20-9-3-1-4-10-20/h1,3-6,9-14,19H,2,7-8,15-18H2,(H,32,36)(H2,33,34,37). The Labute approximate surface area is 213 Å². The van der Waals surface area contributed by atoms with Crippen LogP contribution in [0.3, 0.4) is 0 Å². The smallest absolute Gasteiger partial charge is 0.371 e. The van der Waals surface area contributed by atoms with Crippen LogP contribution in [0.4, 0.5) is 35.0 Å². The second kappa shape index (κ2) is 11.8. The van der Waals surface area contributed by atoms with Gasteiger partial charge in [-0.25, -0.2) is 4.79 Å². The Morgan fingerprint density at radius 3 is 2.27 bits per heavy atom. The summed E-state index contributed by atoms with van der Waals surface area (Å²) in [5.74, 6) is -0.275. The van der Waals surface area contributed by atoms with Crippen LogP contribution in [0.5, 0.6) is 0 Å². The first-order valence-electron chi connectivity index (χ1n) is 12.3. The lowest BCUT2D eigenvalue weighted by Gasteiger charge is -2.30. The van der Waals surface area contributed by atoms with E-state index in [0.717, 1.165) is 49.7 Å². The topological polar surface area (TPSA) is 73.5 Å². The number of urea groups is 1. The highest BCUT2D eigenvalue weighted by Crippen LogP contribution is 2.34. The minimum absolute atomic E-state index is 0.275. The molecule has 0 atom stereocenters. The highest BCUT2D eigenvalue weighted by atomic mass is 19.4. The number of halogens is 3. The van der Waals surface area contributed by atoms with E-state index in [9.17, 15) is 22.8 Å². The summed E-state index contributed by atoms with van der Waals surface area (Å²) in [6.45, 7) is 2.09. The van der Waals surface area contributed by atoms with Crippen molar-refractivity contribution >= 4 is 29.0 Å². The summed E-state index contributed by atoms with van der Waals surface area (Å²) in [6.07, 6.45) is -0.754. The third-order valence-electron chi connectivity index (χ3n) is 6.22. The summed E-state index contributed by atoms with van der Waals surface area (Å²) in [4.78, 5) is 27.9. The van der Waals surface area contributed by atoms with Crippen LogP contribution >= 0.6 is 0 Å². The first-order chi connectivity index (χ1) is 17.8. The normalized spacial score (nSPS) is 13.6. The number of para-hydroxylation sites is 1. The number of rotatable bonds is 7. The molecule has 3 amide bonds. The fourth-order valence-corrected chi connectivity index (χ4v) is 4.39. The van der Waals surface area contributed by atoms with Crippen molar-refractivity contribution in [1.29, 1.82) is 0 Å². The number of hydrogen-bond acceptors (Lipinski definition) is 3. The summed E-state index contributed by atoms with van der Waals surface area (Å²) in [5.41, 5.74) is 1.29. The van der Waals surface area contributed by atoms with Crippen molar-refractivity contribution in [3.8, 4) is 0 Å². The van der Waals surface area contributed by atoms with Gasteiger partial charge in [0.25, 0.3) is 5.91 Å². The Morgan fingerprint density at radius 1 is 0.838 bits per heavy atom. The van der Waals surface area contributed by atoms with Gasteiger partial charge in [-0.3, -0.25) is 4.79 Å². The molecule has 0 unspecified atom stereocenters. The number of hydrogen-bond donors (Lipinski definition) is 3. The van der Waals surface area contributed by atoms with Crippen LogP contribution in [-0.2, 0) is 12.6 Å². The van der Waals surface area contributed by atoms with Gasteiger partial charge >= 0.3 is 12.2 Å². The molecule has 6 nitrogen and oxygen atoms in total. The number of alkyl halides is 3. The van der Waals surface area contributed by atoms with Crippen LogP contribution in [0.25, 0.3) is 0 Å². The van der Waals surface area contributed by atoms with Gasteiger partial charge in [0.15, 0.2) is 0 Å². The molecule has 1 aliphatic heterocycles. The molecule has 0 spiro atoms. The van der Waals surface area contributed by atoms with Crippen LogP contribution in [0.1, 0.15) is 40.7 Å². The maximum atomic E-state index is 13.3. The molecule has 0 radical (unpaired) electrons. The molecule has 3 aromatic rings. The monoisotopic (exact) mass is 510 g/mol. The van der Waals surface area contributed by atoms with Crippen molar-refractivity contribution < 1.29 is 22.8 Å². The fraction of sp³-hybridized carbons (Fsp3) is 0.286.